The van der Waals surface area contributed by atoms with Crippen LogP contribution in [-0.2, 0) is 14.3 Å². The summed E-state index contributed by atoms with van der Waals surface area (Å²) in [6.07, 6.45) is 2.77. The van der Waals surface area contributed by atoms with Crippen molar-refractivity contribution < 1.29 is 54.1 Å². The fraction of sp³-hybridized carbons (Fsp3) is 0.200. The molecule has 0 spiro atoms. The van der Waals surface area contributed by atoms with Crippen molar-refractivity contribution in [2.45, 2.75) is 0 Å². The van der Waals surface area contributed by atoms with E-state index in [0.29, 0.717) is 5.56 Å². The van der Waals surface area contributed by atoms with Crippen molar-refractivity contribution in [3.63, 3.8) is 0 Å². The van der Waals surface area contributed by atoms with Crippen molar-refractivity contribution in [1.82, 2.24) is 5.32 Å². The number of ether oxygens (including phenoxy) is 3. The third-order valence-corrected chi connectivity index (χ3v) is 5.97. The number of aromatic hydroxyl groups is 6. The number of nitrogens with one attached hydrogen (secondary N) is 1. The van der Waals surface area contributed by atoms with E-state index in [1.54, 1.807) is 6.07 Å². The summed E-state index contributed by atoms with van der Waals surface area (Å²) in [5.41, 5.74) is -0.0966. The van der Waals surface area contributed by atoms with Crippen LogP contribution in [0, 0.1) is 0 Å². The molecule has 7 N–H and O–H groups in total. The van der Waals surface area contributed by atoms with Crippen LogP contribution >= 0.6 is 0 Å². The van der Waals surface area contributed by atoms with E-state index in [2.05, 4.69) is 5.32 Å². The van der Waals surface area contributed by atoms with E-state index >= 15 is 0 Å². The highest BCUT2D eigenvalue weighted by atomic mass is 16.5. The van der Waals surface area contributed by atoms with Crippen molar-refractivity contribution in [2.24, 2.45) is 0 Å². The first kappa shape index (κ1) is 30.6. The molecule has 13 heteroatoms. The fourth-order valence-electron chi connectivity index (χ4n) is 3.90. The summed E-state index contributed by atoms with van der Waals surface area (Å²) in [6.45, 7) is 0.827. The standard InChI is InChI=1S/C30H29NO12/c32-19-15-24(37)27-25(16-19)43-29(18-3-5-21(34)23(36)14-18)30(28(27)39)42-12-11-41-10-9-40-8-7-31-26(38)6-2-17-1-4-20(33)22(35)13-17/h1-6,13-16,32-37H,7-12H2,(H,31,38)/b6-2+. The average molecular weight is 596 g/mol. The van der Waals surface area contributed by atoms with Gasteiger partial charge in [-0.3, -0.25) is 9.59 Å². The van der Waals surface area contributed by atoms with Crippen LogP contribution in [0.5, 0.6) is 40.2 Å². The summed E-state index contributed by atoms with van der Waals surface area (Å²) in [6, 6.07) is 10.1. The average Bonchev–Trinajstić information content (AvgIpc) is 2.96. The molecule has 0 saturated heterocycles. The highest BCUT2D eigenvalue weighted by Crippen LogP contribution is 2.38. The lowest BCUT2D eigenvalue weighted by atomic mass is 10.1. The van der Waals surface area contributed by atoms with Gasteiger partial charge in [-0.05, 0) is 42.0 Å². The topological polar surface area (TPSA) is 208 Å². The van der Waals surface area contributed by atoms with Crippen LogP contribution in [0.1, 0.15) is 5.56 Å². The molecule has 0 aliphatic carbocycles. The summed E-state index contributed by atoms with van der Waals surface area (Å²) in [4.78, 5) is 25.1. The zero-order valence-electron chi connectivity index (χ0n) is 22.6. The summed E-state index contributed by atoms with van der Waals surface area (Å²) in [5, 5.41) is 60.8. The van der Waals surface area contributed by atoms with Gasteiger partial charge < -0.3 is 54.6 Å². The van der Waals surface area contributed by atoms with Crippen molar-refractivity contribution >= 4 is 23.0 Å². The highest BCUT2D eigenvalue weighted by molar-refractivity contribution is 5.91. The van der Waals surface area contributed by atoms with E-state index in [1.807, 2.05) is 0 Å². The first-order valence-corrected chi connectivity index (χ1v) is 13.0. The monoisotopic (exact) mass is 595 g/mol. The number of hydrogen-bond donors (Lipinski definition) is 7. The van der Waals surface area contributed by atoms with E-state index < -0.39 is 16.9 Å². The zero-order chi connectivity index (χ0) is 30.9. The number of carbonyl (C=O) groups excluding carboxylic acids is 1. The van der Waals surface area contributed by atoms with Gasteiger partial charge in [0.05, 0.1) is 26.4 Å². The maximum atomic E-state index is 13.2. The van der Waals surface area contributed by atoms with Crippen molar-refractivity contribution in [2.75, 3.05) is 39.6 Å². The normalized spacial score (nSPS) is 11.3. The molecule has 4 rings (SSSR count). The number of carbonyl (C=O) groups is 1. The van der Waals surface area contributed by atoms with Gasteiger partial charge in [-0.25, -0.2) is 0 Å². The molecule has 0 aliphatic heterocycles. The first-order valence-electron chi connectivity index (χ1n) is 13.0. The van der Waals surface area contributed by atoms with Crippen LogP contribution in [0.15, 0.2) is 63.8 Å². The Kier molecular flexibility index (Phi) is 9.93. The highest BCUT2D eigenvalue weighted by Gasteiger charge is 2.21. The molecule has 3 aromatic carbocycles. The Morgan fingerprint density at radius 2 is 1.44 bits per heavy atom. The smallest absolute Gasteiger partial charge is 0.244 e. The Balaban J connectivity index is 1.24. The Hall–Kier alpha value is -5.40. The minimum atomic E-state index is -0.720. The van der Waals surface area contributed by atoms with Gasteiger partial charge in [0, 0.05) is 30.3 Å². The maximum absolute atomic E-state index is 13.2. The molecule has 0 radical (unpaired) electrons. The van der Waals surface area contributed by atoms with Gasteiger partial charge in [0.15, 0.2) is 28.8 Å². The molecule has 0 atom stereocenters. The lowest BCUT2D eigenvalue weighted by Gasteiger charge is -2.13. The second kappa shape index (κ2) is 14.0. The maximum Gasteiger partial charge on any atom is 0.244 e. The van der Waals surface area contributed by atoms with Gasteiger partial charge in [0.2, 0.25) is 17.1 Å². The van der Waals surface area contributed by atoms with E-state index in [9.17, 15) is 40.2 Å². The molecule has 4 aromatic rings. The number of fused-ring (bicyclic) bond motifs is 1. The Labute approximate surface area is 244 Å². The fourth-order valence-corrected chi connectivity index (χ4v) is 3.90. The Morgan fingerprint density at radius 3 is 2.16 bits per heavy atom. The minimum Gasteiger partial charge on any atom is -0.508 e. The summed E-state index contributed by atoms with van der Waals surface area (Å²) < 4.78 is 22.3. The largest absolute Gasteiger partial charge is 0.508 e. The molecule has 0 saturated carbocycles. The van der Waals surface area contributed by atoms with Gasteiger partial charge in [-0.1, -0.05) is 6.07 Å². The Bertz CT molecular complexity index is 1700. The van der Waals surface area contributed by atoms with Crippen molar-refractivity contribution in [3.05, 3.63) is 70.4 Å². The third kappa shape index (κ3) is 7.87. The van der Waals surface area contributed by atoms with Gasteiger partial charge >= 0.3 is 0 Å². The van der Waals surface area contributed by atoms with Crippen molar-refractivity contribution in [1.29, 1.82) is 0 Å². The van der Waals surface area contributed by atoms with Crippen LogP contribution in [0.2, 0.25) is 0 Å². The second-order valence-corrected chi connectivity index (χ2v) is 9.08. The molecule has 0 fully saturated rings. The number of phenols is 6. The second-order valence-electron chi connectivity index (χ2n) is 9.08. The predicted octanol–water partition coefficient (Wildman–Crippen LogP) is 2.94. The molecule has 43 heavy (non-hydrogen) atoms. The first-order chi connectivity index (χ1) is 20.6. The van der Waals surface area contributed by atoms with E-state index in [4.69, 9.17) is 18.6 Å². The molecule has 13 nitrogen and oxygen atoms in total. The molecular formula is C30H29NO12. The molecule has 0 bridgehead atoms. The molecule has 1 amide bonds. The SMILES string of the molecule is O=C(/C=C/c1ccc(O)c(O)c1)NCCOCCOCCOc1c(-c2ccc(O)c(O)c2)oc2cc(O)cc(O)c2c1=O. The van der Waals surface area contributed by atoms with Crippen LogP contribution in [0.25, 0.3) is 28.4 Å². The van der Waals surface area contributed by atoms with Gasteiger partial charge in [-0.15, -0.1) is 0 Å². The van der Waals surface area contributed by atoms with Crippen LogP contribution in [0.3, 0.4) is 0 Å². The summed E-state index contributed by atoms with van der Waals surface area (Å²) in [5.74, 6) is -2.95. The number of amides is 1. The van der Waals surface area contributed by atoms with Crippen LogP contribution in [-0.4, -0.2) is 76.1 Å². The van der Waals surface area contributed by atoms with E-state index in [-0.39, 0.29) is 96.5 Å². The molecule has 0 unspecified atom stereocenters. The van der Waals surface area contributed by atoms with Crippen LogP contribution in [0.4, 0.5) is 0 Å². The van der Waals surface area contributed by atoms with Crippen LogP contribution < -0.4 is 15.5 Å². The summed E-state index contributed by atoms with van der Waals surface area (Å²) in [7, 11) is 0. The van der Waals surface area contributed by atoms with Gasteiger partial charge in [-0.2, -0.15) is 0 Å². The number of benzene rings is 3. The molecule has 1 aromatic heterocycles. The molecular weight excluding hydrogens is 566 g/mol. The zero-order valence-corrected chi connectivity index (χ0v) is 22.6. The van der Waals surface area contributed by atoms with Gasteiger partial charge in [0.1, 0.15) is 29.1 Å². The van der Waals surface area contributed by atoms with E-state index in [1.165, 1.54) is 42.5 Å². The van der Waals surface area contributed by atoms with E-state index in [0.717, 1.165) is 12.1 Å². The van der Waals surface area contributed by atoms with Crippen molar-refractivity contribution in [3.8, 4) is 51.6 Å². The predicted molar refractivity (Wildman–Crippen MR) is 154 cm³/mol. The summed E-state index contributed by atoms with van der Waals surface area (Å²) >= 11 is 0. The minimum absolute atomic E-state index is 0.0526. The molecule has 226 valence electrons. The molecule has 0 aliphatic rings. The Morgan fingerprint density at radius 1 is 0.767 bits per heavy atom. The molecule has 1 heterocycles. The number of hydrogen-bond acceptors (Lipinski definition) is 12. The number of rotatable bonds is 13. The quantitative estimate of drug-likeness (QED) is 0.0676. The number of phenolic OH excluding ortho intramolecular Hbond substituents is 6. The lowest BCUT2D eigenvalue weighted by molar-refractivity contribution is -0.116. The lowest BCUT2D eigenvalue weighted by Crippen LogP contribution is -2.26. The van der Waals surface area contributed by atoms with Gasteiger partial charge in [0.25, 0.3) is 0 Å². The third-order valence-electron chi connectivity index (χ3n) is 5.97.